The van der Waals surface area contributed by atoms with Crippen LogP contribution in [0.4, 0.5) is 5.69 Å². The summed E-state index contributed by atoms with van der Waals surface area (Å²) >= 11 is 6.54. The van der Waals surface area contributed by atoms with Gasteiger partial charge in [0.1, 0.15) is 0 Å². The Kier molecular flexibility index (Phi) is 6.88. The van der Waals surface area contributed by atoms with Gasteiger partial charge in [0.15, 0.2) is 0 Å². The molecular weight excluding hydrogens is 458 g/mol. The summed E-state index contributed by atoms with van der Waals surface area (Å²) in [5.41, 5.74) is 4.13. The zero-order chi connectivity index (χ0) is 24.4. The molecule has 2 aliphatic rings. The van der Waals surface area contributed by atoms with Crippen LogP contribution in [-0.2, 0) is 6.54 Å². The highest BCUT2D eigenvalue weighted by atomic mass is 35.5. The van der Waals surface area contributed by atoms with Crippen molar-refractivity contribution in [3.63, 3.8) is 0 Å². The normalized spacial score (nSPS) is 16.0. The van der Waals surface area contributed by atoms with Gasteiger partial charge in [-0.15, -0.1) is 0 Å². The second-order valence-electron chi connectivity index (χ2n) is 9.22. The number of amides is 1. The van der Waals surface area contributed by atoms with Gasteiger partial charge < -0.3 is 10.2 Å². The van der Waals surface area contributed by atoms with Crippen LogP contribution >= 0.6 is 11.6 Å². The second kappa shape index (κ2) is 10.2. The van der Waals surface area contributed by atoms with Crippen LogP contribution in [0.15, 0.2) is 60.7 Å². The van der Waals surface area contributed by atoms with Crippen LogP contribution in [0.1, 0.15) is 15.9 Å². The number of likely N-dealkylation sites (N-methyl/N-ethyl adjacent to an activating group) is 1. The van der Waals surface area contributed by atoms with Gasteiger partial charge in [-0.3, -0.25) is 9.69 Å². The standard InChI is InChI=1S/C28H30ClN5O/c1-32-12-14-33(15-13-32)19-20-2-4-22(5-3-20)28(35)34(30)25-8-9-27(29)26(17-25)23-7-6-21-10-11-31-18-24(21)16-23/h2-10,16-18,31H,11-15,19,30H2,1H3. The summed E-state index contributed by atoms with van der Waals surface area (Å²) in [7, 11) is 2.15. The smallest absolute Gasteiger partial charge is 0.272 e. The average molecular weight is 488 g/mol. The first-order valence-corrected chi connectivity index (χ1v) is 12.3. The number of nitrogens with zero attached hydrogens (tertiary/aromatic N) is 3. The van der Waals surface area contributed by atoms with Gasteiger partial charge in [0.2, 0.25) is 0 Å². The van der Waals surface area contributed by atoms with Crippen LogP contribution < -0.4 is 26.6 Å². The molecule has 0 saturated carbocycles. The van der Waals surface area contributed by atoms with E-state index in [0.29, 0.717) is 16.3 Å². The Labute approximate surface area is 210 Å². The molecule has 1 saturated heterocycles. The van der Waals surface area contributed by atoms with Gasteiger partial charge >= 0.3 is 0 Å². The van der Waals surface area contributed by atoms with Crippen LogP contribution in [0.5, 0.6) is 0 Å². The highest BCUT2D eigenvalue weighted by molar-refractivity contribution is 6.33. The second-order valence-corrected chi connectivity index (χ2v) is 9.62. The van der Waals surface area contributed by atoms with Crippen LogP contribution in [-0.4, -0.2) is 55.5 Å². The summed E-state index contributed by atoms with van der Waals surface area (Å²) in [5.74, 6) is 6.02. The van der Waals surface area contributed by atoms with Crippen molar-refractivity contribution in [1.82, 2.24) is 15.1 Å². The van der Waals surface area contributed by atoms with E-state index in [2.05, 4.69) is 40.4 Å². The first kappa shape index (κ1) is 23.6. The monoisotopic (exact) mass is 487 g/mol. The first-order valence-electron chi connectivity index (χ1n) is 11.9. The van der Waals surface area contributed by atoms with Crippen molar-refractivity contribution in [3.8, 4) is 11.1 Å². The number of halogens is 1. The van der Waals surface area contributed by atoms with Crippen LogP contribution in [0.25, 0.3) is 23.4 Å². The fourth-order valence-electron chi connectivity index (χ4n) is 4.55. The Morgan fingerprint density at radius 1 is 1.00 bits per heavy atom. The molecular formula is C28H30ClN5O. The number of nitrogens with one attached hydrogen (secondary N) is 1. The zero-order valence-electron chi connectivity index (χ0n) is 19.9. The summed E-state index contributed by atoms with van der Waals surface area (Å²) in [6, 6.07) is 19.4. The lowest BCUT2D eigenvalue weighted by atomic mass is 10.0. The maximum atomic E-state index is 13.1. The summed E-state index contributed by atoms with van der Waals surface area (Å²) in [4.78, 5) is 17.9. The number of nitrogens with two attached hydrogens (primary N) is 1. The van der Waals surface area contributed by atoms with E-state index in [0.717, 1.165) is 55.6 Å². The van der Waals surface area contributed by atoms with Gasteiger partial charge in [-0.2, -0.15) is 0 Å². The number of hydrogen-bond donors (Lipinski definition) is 2. The molecule has 0 unspecified atom stereocenters. The topological polar surface area (TPSA) is 64.8 Å². The third-order valence-electron chi connectivity index (χ3n) is 6.75. The van der Waals surface area contributed by atoms with Crippen LogP contribution in [0, 0.1) is 0 Å². The minimum atomic E-state index is -0.262. The molecule has 180 valence electrons. The number of carbonyl (C=O) groups excluding carboxylic acids is 1. The Morgan fingerprint density at radius 2 is 1.77 bits per heavy atom. The molecule has 0 atom stereocenters. The number of anilines is 1. The van der Waals surface area contributed by atoms with E-state index >= 15 is 0 Å². The molecule has 7 heteroatoms. The van der Waals surface area contributed by atoms with E-state index < -0.39 is 0 Å². The average Bonchev–Trinajstić information content (AvgIpc) is 2.89. The molecule has 1 fully saturated rings. The highest BCUT2D eigenvalue weighted by Gasteiger charge is 2.18. The summed E-state index contributed by atoms with van der Waals surface area (Å²) in [5, 5.41) is 7.32. The molecule has 0 aromatic heterocycles. The van der Waals surface area contributed by atoms with Crippen LogP contribution in [0.3, 0.4) is 0 Å². The van der Waals surface area contributed by atoms with Gasteiger partial charge in [-0.25, -0.2) is 10.9 Å². The molecule has 3 aromatic rings. The van der Waals surface area contributed by atoms with Crippen molar-refractivity contribution in [2.45, 2.75) is 6.54 Å². The van der Waals surface area contributed by atoms with Crippen molar-refractivity contribution in [3.05, 3.63) is 87.3 Å². The van der Waals surface area contributed by atoms with E-state index in [-0.39, 0.29) is 5.91 Å². The molecule has 2 heterocycles. The lowest BCUT2D eigenvalue weighted by Gasteiger charge is -2.32. The van der Waals surface area contributed by atoms with E-state index in [4.69, 9.17) is 17.4 Å². The van der Waals surface area contributed by atoms with Crippen molar-refractivity contribution < 1.29 is 4.79 Å². The maximum Gasteiger partial charge on any atom is 0.272 e. The number of benzene rings is 3. The zero-order valence-corrected chi connectivity index (χ0v) is 20.6. The minimum absolute atomic E-state index is 0.262. The summed E-state index contributed by atoms with van der Waals surface area (Å²) in [6.07, 6.45) is 4.15. The third-order valence-corrected chi connectivity index (χ3v) is 7.07. The fourth-order valence-corrected chi connectivity index (χ4v) is 4.78. The number of carbonyl (C=O) groups is 1. The largest absolute Gasteiger partial charge is 0.387 e. The first-order chi connectivity index (χ1) is 17.0. The van der Waals surface area contributed by atoms with E-state index in [1.165, 1.54) is 15.8 Å². The molecule has 0 aliphatic carbocycles. The Morgan fingerprint density at radius 3 is 2.54 bits per heavy atom. The van der Waals surface area contributed by atoms with Gasteiger partial charge in [-0.05, 0) is 65.0 Å². The van der Waals surface area contributed by atoms with E-state index in [9.17, 15) is 4.79 Å². The molecule has 3 aromatic carbocycles. The number of fused-ring (bicyclic) bond motifs is 1. The number of hydrazine groups is 1. The molecule has 1 amide bonds. The predicted octanol–water partition coefficient (Wildman–Crippen LogP) is 2.40. The SMILES string of the molecule is CN1CCN(Cc2ccc(C(=O)N(N)c3ccc(Cl)c(-c4ccc5c(c4)=CNCC=5)c3)cc2)CC1. The summed E-state index contributed by atoms with van der Waals surface area (Å²) in [6.45, 7) is 6.00. The molecule has 5 rings (SSSR count). The molecule has 3 N–H and O–H groups in total. The predicted molar refractivity (Wildman–Crippen MR) is 143 cm³/mol. The summed E-state index contributed by atoms with van der Waals surface area (Å²) < 4.78 is 0. The third kappa shape index (κ3) is 5.26. The van der Waals surface area contributed by atoms with Crippen molar-refractivity contribution in [1.29, 1.82) is 0 Å². The molecule has 0 spiro atoms. The molecule has 0 bridgehead atoms. The molecule has 35 heavy (non-hydrogen) atoms. The number of hydrogen-bond acceptors (Lipinski definition) is 5. The van der Waals surface area contributed by atoms with Crippen molar-refractivity contribution >= 4 is 35.5 Å². The van der Waals surface area contributed by atoms with Crippen molar-refractivity contribution in [2.24, 2.45) is 5.84 Å². The molecule has 0 radical (unpaired) electrons. The van der Waals surface area contributed by atoms with Crippen molar-refractivity contribution in [2.75, 3.05) is 44.8 Å². The van der Waals surface area contributed by atoms with Gasteiger partial charge in [0.05, 0.1) is 5.69 Å². The maximum absolute atomic E-state index is 13.1. The number of rotatable bonds is 5. The Bertz CT molecular complexity index is 1350. The lowest BCUT2D eigenvalue weighted by Crippen LogP contribution is -2.43. The Balaban J connectivity index is 1.33. The van der Waals surface area contributed by atoms with Gasteiger partial charge in [0, 0.05) is 61.6 Å². The van der Waals surface area contributed by atoms with Gasteiger partial charge in [0.25, 0.3) is 5.91 Å². The highest BCUT2D eigenvalue weighted by Crippen LogP contribution is 2.31. The Hall–Kier alpha value is -3.16. The minimum Gasteiger partial charge on any atom is -0.387 e. The quantitative estimate of drug-likeness (QED) is 0.329. The lowest BCUT2D eigenvalue weighted by molar-refractivity contribution is 0.0987. The molecule has 6 nitrogen and oxygen atoms in total. The fraction of sp³-hybridized carbons (Fsp3) is 0.250. The van der Waals surface area contributed by atoms with E-state index in [1.54, 1.807) is 12.1 Å². The molecule has 2 aliphatic heterocycles. The van der Waals surface area contributed by atoms with E-state index in [1.807, 2.05) is 42.6 Å². The van der Waals surface area contributed by atoms with Crippen LogP contribution in [0.2, 0.25) is 5.02 Å². The van der Waals surface area contributed by atoms with Gasteiger partial charge in [-0.1, -0.05) is 41.9 Å². The number of piperazine rings is 1.